The number of carbonyl (C=O) groups is 1. The minimum atomic E-state index is -1.01. The number of ether oxygens (including phenoxy) is 4. The van der Waals surface area contributed by atoms with Gasteiger partial charge in [0.1, 0.15) is 0 Å². The molecule has 0 saturated carbocycles. The lowest BCUT2D eigenvalue weighted by atomic mass is 9.66. The number of hydrogen-bond donors (Lipinski definition) is 3. The zero-order valence-electron chi connectivity index (χ0n) is 16.2. The van der Waals surface area contributed by atoms with E-state index in [4.69, 9.17) is 18.9 Å². The van der Waals surface area contributed by atoms with Crippen LogP contribution in [0.25, 0.3) is 0 Å². The molecule has 3 N–H and O–H groups in total. The number of phenols is 2. The minimum Gasteiger partial charge on any atom is -0.504 e. The first-order chi connectivity index (χ1) is 13.9. The van der Waals surface area contributed by atoms with Crippen molar-refractivity contribution in [3.63, 3.8) is 0 Å². The predicted molar refractivity (Wildman–Crippen MR) is 101 cm³/mol. The summed E-state index contributed by atoms with van der Waals surface area (Å²) in [6.07, 6.45) is -1.01. The topological polar surface area (TPSA) is 115 Å². The second-order valence-electron chi connectivity index (χ2n) is 7.17. The highest BCUT2D eigenvalue weighted by molar-refractivity contribution is 5.79. The third-order valence-electron chi connectivity index (χ3n) is 5.80. The highest BCUT2D eigenvalue weighted by atomic mass is 16.5. The summed E-state index contributed by atoms with van der Waals surface area (Å²) in [7, 11) is 4.49. The number of fused-ring (bicyclic) bond motifs is 2. The second kappa shape index (κ2) is 7.04. The summed E-state index contributed by atoms with van der Waals surface area (Å²) in [6.45, 7) is 0.0761. The van der Waals surface area contributed by atoms with Crippen molar-refractivity contribution in [3.8, 4) is 28.7 Å². The van der Waals surface area contributed by atoms with Crippen LogP contribution in [0.2, 0.25) is 0 Å². The van der Waals surface area contributed by atoms with Gasteiger partial charge >= 0.3 is 5.97 Å². The van der Waals surface area contributed by atoms with Crippen LogP contribution in [0, 0.1) is 11.8 Å². The lowest BCUT2D eigenvalue weighted by Crippen LogP contribution is -2.34. The highest BCUT2D eigenvalue weighted by Gasteiger charge is 2.52. The van der Waals surface area contributed by atoms with Gasteiger partial charge in [0.05, 0.1) is 40.0 Å². The molecule has 8 heteroatoms. The van der Waals surface area contributed by atoms with E-state index in [0.29, 0.717) is 33.9 Å². The van der Waals surface area contributed by atoms with Crippen molar-refractivity contribution in [2.24, 2.45) is 11.8 Å². The molecule has 29 heavy (non-hydrogen) atoms. The Balaban J connectivity index is 1.97. The van der Waals surface area contributed by atoms with Crippen LogP contribution in [0.4, 0.5) is 0 Å². The van der Waals surface area contributed by atoms with E-state index in [9.17, 15) is 20.1 Å². The fourth-order valence-electron chi connectivity index (χ4n) is 4.45. The molecule has 4 rings (SSSR count). The van der Waals surface area contributed by atoms with Crippen molar-refractivity contribution in [2.45, 2.75) is 12.0 Å². The average molecular weight is 402 g/mol. The van der Waals surface area contributed by atoms with Gasteiger partial charge in [0, 0.05) is 11.8 Å². The molecule has 2 aliphatic rings. The smallest absolute Gasteiger partial charge is 0.310 e. The number of carbonyl (C=O) groups excluding carboxylic acids is 1. The van der Waals surface area contributed by atoms with Crippen LogP contribution in [-0.4, -0.2) is 49.2 Å². The highest BCUT2D eigenvalue weighted by Crippen LogP contribution is 2.54. The van der Waals surface area contributed by atoms with E-state index in [-0.39, 0.29) is 18.1 Å². The van der Waals surface area contributed by atoms with Gasteiger partial charge in [-0.3, -0.25) is 4.79 Å². The molecule has 2 aromatic carbocycles. The molecule has 1 aliphatic carbocycles. The molecule has 4 atom stereocenters. The molecule has 1 saturated heterocycles. The van der Waals surface area contributed by atoms with Crippen LogP contribution in [0.15, 0.2) is 24.3 Å². The third-order valence-corrected chi connectivity index (χ3v) is 5.80. The molecule has 0 spiro atoms. The molecule has 2 aromatic rings. The largest absolute Gasteiger partial charge is 0.504 e. The van der Waals surface area contributed by atoms with Crippen molar-refractivity contribution in [1.82, 2.24) is 0 Å². The molecule has 0 aromatic heterocycles. The van der Waals surface area contributed by atoms with Crippen LogP contribution in [0.5, 0.6) is 28.7 Å². The summed E-state index contributed by atoms with van der Waals surface area (Å²) in [4.78, 5) is 12.6. The quantitative estimate of drug-likeness (QED) is 0.526. The van der Waals surface area contributed by atoms with E-state index >= 15 is 0 Å². The average Bonchev–Trinajstić information content (AvgIpc) is 3.10. The van der Waals surface area contributed by atoms with Crippen LogP contribution in [0.3, 0.4) is 0 Å². The van der Waals surface area contributed by atoms with Gasteiger partial charge in [-0.1, -0.05) is 0 Å². The zero-order valence-corrected chi connectivity index (χ0v) is 16.2. The number of aromatic hydroxyl groups is 2. The Morgan fingerprint density at radius 1 is 0.931 bits per heavy atom. The Morgan fingerprint density at radius 3 is 2.07 bits per heavy atom. The third kappa shape index (κ3) is 2.82. The number of aliphatic hydroxyl groups is 1. The first kappa shape index (κ1) is 19.2. The number of esters is 1. The molecule has 1 heterocycles. The molecule has 1 fully saturated rings. The van der Waals surface area contributed by atoms with Gasteiger partial charge in [-0.25, -0.2) is 0 Å². The van der Waals surface area contributed by atoms with E-state index in [0.717, 1.165) is 0 Å². The maximum Gasteiger partial charge on any atom is 0.310 e. The van der Waals surface area contributed by atoms with Crippen molar-refractivity contribution in [3.05, 3.63) is 41.0 Å². The van der Waals surface area contributed by atoms with E-state index in [2.05, 4.69) is 0 Å². The van der Waals surface area contributed by atoms with Crippen LogP contribution in [0.1, 0.15) is 28.7 Å². The van der Waals surface area contributed by atoms with E-state index in [1.807, 2.05) is 0 Å². The van der Waals surface area contributed by atoms with E-state index in [1.165, 1.54) is 33.5 Å². The maximum atomic E-state index is 12.6. The van der Waals surface area contributed by atoms with Gasteiger partial charge < -0.3 is 34.3 Å². The Morgan fingerprint density at radius 2 is 1.52 bits per heavy atom. The molecule has 0 amide bonds. The number of phenolic OH excluding ortho intramolecular Hbond substituents is 2. The van der Waals surface area contributed by atoms with Crippen molar-refractivity contribution >= 4 is 5.97 Å². The lowest BCUT2D eigenvalue weighted by molar-refractivity contribution is -0.141. The molecule has 0 radical (unpaired) electrons. The molecule has 0 bridgehead atoms. The van der Waals surface area contributed by atoms with Gasteiger partial charge in [0.2, 0.25) is 5.75 Å². The summed E-state index contributed by atoms with van der Waals surface area (Å²) < 4.78 is 21.5. The number of aliphatic hydroxyl groups excluding tert-OH is 1. The standard InChI is InChI=1S/C21H22O8/c1-26-15-4-9(5-16(27-2)20(15)28-3)17-10-6-13(22)14(23)7-11(10)19(24)12-8-29-21(25)18(12)17/h4-7,12,17-19,22-24H,8H2,1-3H3/t12?,17-,18+,19-/m1/s1. The van der Waals surface area contributed by atoms with E-state index in [1.54, 1.807) is 12.1 Å². The fourth-order valence-corrected chi connectivity index (χ4v) is 4.45. The summed E-state index contributed by atoms with van der Waals surface area (Å²) in [6, 6.07) is 6.18. The monoisotopic (exact) mass is 402 g/mol. The fraction of sp³-hybridized carbons (Fsp3) is 0.381. The van der Waals surface area contributed by atoms with Crippen molar-refractivity contribution in [2.75, 3.05) is 27.9 Å². The second-order valence-corrected chi connectivity index (χ2v) is 7.17. The molecule has 1 aliphatic heterocycles. The summed E-state index contributed by atoms with van der Waals surface area (Å²) in [5, 5.41) is 30.9. The Kier molecular flexibility index (Phi) is 4.66. The van der Waals surface area contributed by atoms with Gasteiger partial charge in [-0.15, -0.1) is 0 Å². The summed E-state index contributed by atoms with van der Waals surface area (Å²) >= 11 is 0. The number of hydrogen-bond acceptors (Lipinski definition) is 8. The van der Waals surface area contributed by atoms with Crippen molar-refractivity contribution in [1.29, 1.82) is 0 Å². The van der Waals surface area contributed by atoms with Crippen LogP contribution < -0.4 is 14.2 Å². The van der Waals surface area contributed by atoms with Crippen LogP contribution >= 0.6 is 0 Å². The zero-order chi connectivity index (χ0) is 20.9. The summed E-state index contributed by atoms with van der Waals surface area (Å²) in [5.74, 6) is -1.55. The van der Waals surface area contributed by atoms with Gasteiger partial charge in [-0.05, 0) is 41.0 Å². The van der Waals surface area contributed by atoms with Gasteiger partial charge in [-0.2, -0.15) is 0 Å². The SMILES string of the molecule is COc1cc([C@@H]2c3cc(O)c(O)cc3[C@@H](O)C3COC(=O)[C@@H]32)cc(OC)c1OC. The molecular weight excluding hydrogens is 380 g/mol. The van der Waals surface area contributed by atoms with E-state index < -0.39 is 29.8 Å². The van der Waals surface area contributed by atoms with Gasteiger partial charge in [0.25, 0.3) is 0 Å². The Bertz CT molecular complexity index is 944. The number of methoxy groups -OCH3 is 3. The normalized spacial score (nSPS) is 25.0. The number of benzene rings is 2. The first-order valence-corrected chi connectivity index (χ1v) is 9.11. The minimum absolute atomic E-state index is 0.0761. The Hall–Kier alpha value is -3.13. The van der Waals surface area contributed by atoms with Crippen molar-refractivity contribution < 1.29 is 39.1 Å². The number of cyclic esters (lactones) is 1. The first-order valence-electron chi connectivity index (χ1n) is 9.11. The molecule has 8 nitrogen and oxygen atoms in total. The Labute approximate surface area is 167 Å². The number of rotatable bonds is 4. The molecule has 154 valence electrons. The molecule has 1 unspecified atom stereocenters. The maximum absolute atomic E-state index is 12.6. The predicted octanol–water partition coefficient (Wildman–Crippen LogP) is 2.09. The lowest BCUT2D eigenvalue weighted by Gasteiger charge is -2.37. The summed E-state index contributed by atoms with van der Waals surface area (Å²) in [5.41, 5.74) is 1.65. The van der Waals surface area contributed by atoms with Gasteiger partial charge in [0.15, 0.2) is 23.0 Å². The molecular formula is C21H22O8. The van der Waals surface area contributed by atoms with Crippen LogP contribution in [-0.2, 0) is 9.53 Å².